The lowest BCUT2D eigenvalue weighted by Crippen LogP contribution is -2.52. The maximum absolute atomic E-state index is 12.3. The Labute approximate surface area is 118 Å². The fourth-order valence-electron chi connectivity index (χ4n) is 2.66. The van der Waals surface area contributed by atoms with Gasteiger partial charge in [-0.15, -0.1) is 0 Å². The van der Waals surface area contributed by atoms with Crippen molar-refractivity contribution in [3.63, 3.8) is 0 Å². The van der Waals surface area contributed by atoms with Gasteiger partial charge in [-0.25, -0.2) is 0 Å². The van der Waals surface area contributed by atoms with Crippen molar-refractivity contribution in [2.24, 2.45) is 0 Å². The molecule has 3 amide bonds. The van der Waals surface area contributed by atoms with E-state index >= 15 is 0 Å². The Morgan fingerprint density at radius 2 is 2.05 bits per heavy atom. The molecule has 0 radical (unpaired) electrons. The first-order valence-corrected chi connectivity index (χ1v) is 6.39. The third-order valence-electron chi connectivity index (χ3n) is 3.72. The van der Waals surface area contributed by atoms with Gasteiger partial charge in [0.15, 0.2) is 0 Å². The zero-order valence-electron chi connectivity index (χ0n) is 10.9. The average molecular weight is 289 g/mol. The SMILES string of the molecule is O=C1CCC(N2Cc3ccc([N+](=O)[O-])cc3C2=O)C(=O)N1. The number of hydrogen-bond acceptors (Lipinski definition) is 5. The lowest BCUT2D eigenvalue weighted by atomic mass is 10.0. The Hall–Kier alpha value is -2.77. The summed E-state index contributed by atoms with van der Waals surface area (Å²) in [5.74, 6) is -1.26. The van der Waals surface area contributed by atoms with Crippen LogP contribution in [0, 0.1) is 10.1 Å². The van der Waals surface area contributed by atoms with Gasteiger partial charge in [0, 0.05) is 25.1 Å². The smallest absolute Gasteiger partial charge is 0.270 e. The van der Waals surface area contributed by atoms with Gasteiger partial charge in [-0.3, -0.25) is 29.8 Å². The zero-order valence-corrected chi connectivity index (χ0v) is 10.9. The third-order valence-corrected chi connectivity index (χ3v) is 3.72. The van der Waals surface area contributed by atoms with Gasteiger partial charge in [-0.2, -0.15) is 0 Å². The normalized spacial score (nSPS) is 21.2. The van der Waals surface area contributed by atoms with E-state index in [4.69, 9.17) is 0 Å². The van der Waals surface area contributed by atoms with Gasteiger partial charge in [0.1, 0.15) is 6.04 Å². The van der Waals surface area contributed by atoms with E-state index in [-0.39, 0.29) is 36.5 Å². The number of carbonyl (C=O) groups is 3. The predicted molar refractivity (Wildman–Crippen MR) is 69.1 cm³/mol. The van der Waals surface area contributed by atoms with Crippen LogP contribution in [0.1, 0.15) is 28.8 Å². The van der Waals surface area contributed by atoms with Crippen molar-refractivity contribution in [1.29, 1.82) is 0 Å². The number of rotatable bonds is 2. The highest BCUT2D eigenvalue weighted by Crippen LogP contribution is 2.29. The van der Waals surface area contributed by atoms with Crippen LogP contribution in [-0.2, 0) is 16.1 Å². The molecule has 2 aliphatic heterocycles. The van der Waals surface area contributed by atoms with Crippen molar-refractivity contribution in [3.8, 4) is 0 Å². The van der Waals surface area contributed by atoms with Gasteiger partial charge in [0.05, 0.1) is 10.5 Å². The van der Waals surface area contributed by atoms with Crippen LogP contribution < -0.4 is 5.32 Å². The van der Waals surface area contributed by atoms with Crippen LogP contribution in [0.25, 0.3) is 0 Å². The molecule has 1 saturated heterocycles. The molecule has 1 atom stereocenters. The quantitative estimate of drug-likeness (QED) is 0.480. The molecular weight excluding hydrogens is 278 g/mol. The number of nitro groups is 1. The van der Waals surface area contributed by atoms with Crippen molar-refractivity contribution < 1.29 is 19.3 Å². The second-order valence-corrected chi connectivity index (χ2v) is 5.00. The number of fused-ring (bicyclic) bond motifs is 1. The lowest BCUT2D eigenvalue weighted by molar-refractivity contribution is -0.384. The highest BCUT2D eigenvalue weighted by atomic mass is 16.6. The molecule has 0 spiro atoms. The molecule has 3 rings (SSSR count). The van der Waals surface area contributed by atoms with E-state index in [2.05, 4.69) is 5.32 Å². The number of nitrogens with one attached hydrogen (secondary N) is 1. The summed E-state index contributed by atoms with van der Waals surface area (Å²) < 4.78 is 0. The number of carbonyl (C=O) groups excluding carboxylic acids is 3. The number of benzene rings is 1. The van der Waals surface area contributed by atoms with Gasteiger partial charge in [-0.1, -0.05) is 0 Å². The van der Waals surface area contributed by atoms with Crippen LogP contribution in [0.2, 0.25) is 0 Å². The van der Waals surface area contributed by atoms with Crippen LogP contribution in [0.3, 0.4) is 0 Å². The van der Waals surface area contributed by atoms with Crippen LogP contribution in [0.4, 0.5) is 5.69 Å². The largest absolute Gasteiger partial charge is 0.322 e. The Morgan fingerprint density at radius 1 is 1.29 bits per heavy atom. The highest BCUT2D eigenvalue weighted by Gasteiger charge is 2.39. The summed E-state index contributed by atoms with van der Waals surface area (Å²) >= 11 is 0. The molecule has 108 valence electrons. The zero-order chi connectivity index (χ0) is 15.1. The Kier molecular flexibility index (Phi) is 2.93. The Morgan fingerprint density at radius 3 is 2.71 bits per heavy atom. The lowest BCUT2D eigenvalue weighted by Gasteiger charge is -2.29. The molecule has 0 aliphatic carbocycles. The first kappa shape index (κ1) is 13.2. The maximum Gasteiger partial charge on any atom is 0.270 e. The monoisotopic (exact) mass is 289 g/mol. The number of hydrogen-bond donors (Lipinski definition) is 1. The molecule has 1 aromatic rings. The number of non-ortho nitro benzene ring substituents is 1. The molecule has 1 N–H and O–H groups in total. The van der Waals surface area contributed by atoms with Crippen molar-refractivity contribution in [3.05, 3.63) is 39.4 Å². The van der Waals surface area contributed by atoms with E-state index in [1.54, 1.807) is 0 Å². The van der Waals surface area contributed by atoms with Gasteiger partial charge in [0.2, 0.25) is 11.8 Å². The summed E-state index contributed by atoms with van der Waals surface area (Å²) in [6.45, 7) is 0.221. The van der Waals surface area contributed by atoms with Gasteiger partial charge >= 0.3 is 0 Å². The second kappa shape index (κ2) is 4.65. The minimum absolute atomic E-state index is 0.160. The summed E-state index contributed by atoms with van der Waals surface area (Å²) in [6.07, 6.45) is 0.448. The van der Waals surface area contributed by atoms with Crippen LogP contribution in [-0.4, -0.2) is 33.6 Å². The number of piperidine rings is 1. The third kappa shape index (κ3) is 2.14. The molecule has 1 aromatic carbocycles. The first-order chi connectivity index (χ1) is 9.97. The van der Waals surface area contributed by atoms with Crippen molar-refractivity contribution >= 4 is 23.4 Å². The number of nitro benzene ring substituents is 1. The van der Waals surface area contributed by atoms with Crippen LogP contribution in [0.15, 0.2) is 18.2 Å². The molecule has 8 heteroatoms. The maximum atomic E-state index is 12.3. The average Bonchev–Trinajstić information content (AvgIpc) is 2.75. The highest BCUT2D eigenvalue weighted by molar-refractivity contribution is 6.05. The summed E-state index contributed by atoms with van der Waals surface area (Å²) in [5.41, 5.74) is 0.733. The Bertz CT molecular complexity index is 684. The number of nitrogens with zero attached hydrogens (tertiary/aromatic N) is 2. The fourth-order valence-corrected chi connectivity index (χ4v) is 2.66. The molecule has 21 heavy (non-hydrogen) atoms. The van der Waals surface area contributed by atoms with E-state index in [0.29, 0.717) is 5.56 Å². The van der Waals surface area contributed by atoms with Crippen LogP contribution in [0.5, 0.6) is 0 Å². The molecule has 2 heterocycles. The van der Waals surface area contributed by atoms with E-state index in [9.17, 15) is 24.5 Å². The molecule has 0 bridgehead atoms. The topological polar surface area (TPSA) is 110 Å². The van der Waals surface area contributed by atoms with Gasteiger partial charge < -0.3 is 4.90 Å². The van der Waals surface area contributed by atoms with E-state index < -0.39 is 22.8 Å². The molecule has 2 aliphatic rings. The number of imide groups is 1. The van der Waals surface area contributed by atoms with Crippen molar-refractivity contribution in [1.82, 2.24) is 10.2 Å². The standard InChI is InChI=1S/C13H11N3O5/c17-11-4-3-10(12(18)14-11)15-6-7-1-2-8(16(20)21)5-9(7)13(15)19/h1-2,5,10H,3-4,6H2,(H,14,17,18). The molecule has 0 aromatic heterocycles. The first-order valence-electron chi connectivity index (χ1n) is 6.39. The molecule has 0 saturated carbocycles. The van der Waals surface area contributed by atoms with E-state index in [1.807, 2.05) is 0 Å². The predicted octanol–water partition coefficient (Wildman–Crippen LogP) is 0.356. The molecule has 8 nitrogen and oxygen atoms in total. The van der Waals surface area contributed by atoms with Gasteiger partial charge in [0.25, 0.3) is 11.6 Å². The van der Waals surface area contributed by atoms with E-state index in [1.165, 1.54) is 23.1 Å². The molecular formula is C13H11N3O5. The fraction of sp³-hybridized carbons (Fsp3) is 0.308. The minimum Gasteiger partial charge on any atom is -0.322 e. The summed E-state index contributed by atoms with van der Waals surface area (Å²) in [4.78, 5) is 46.9. The van der Waals surface area contributed by atoms with Crippen molar-refractivity contribution in [2.45, 2.75) is 25.4 Å². The van der Waals surface area contributed by atoms with Crippen molar-refractivity contribution in [2.75, 3.05) is 0 Å². The molecule has 1 fully saturated rings. The Balaban J connectivity index is 1.88. The second-order valence-electron chi connectivity index (χ2n) is 5.00. The number of amides is 3. The minimum atomic E-state index is -0.707. The van der Waals surface area contributed by atoms with Crippen LogP contribution >= 0.6 is 0 Å². The summed E-state index contributed by atoms with van der Waals surface area (Å²) in [5, 5.41) is 13.0. The van der Waals surface area contributed by atoms with E-state index in [0.717, 1.165) is 0 Å². The summed E-state index contributed by atoms with van der Waals surface area (Å²) in [6, 6.07) is 3.38. The summed E-state index contributed by atoms with van der Waals surface area (Å²) in [7, 11) is 0. The van der Waals surface area contributed by atoms with Gasteiger partial charge in [-0.05, 0) is 18.1 Å². The molecule has 1 unspecified atom stereocenters.